The van der Waals surface area contributed by atoms with Gasteiger partial charge in [-0.3, -0.25) is 0 Å². The van der Waals surface area contributed by atoms with E-state index in [1.807, 2.05) is 0 Å². The number of aliphatic carboxylic acids is 1. The molecule has 0 aromatic heterocycles. The Labute approximate surface area is 116 Å². The number of benzene rings is 1. The van der Waals surface area contributed by atoms with Crippen LogP contribution in [0.5, 0.6) is 5.75 Å². The van der Waals surface area contributed by atoms with Crippen molar-refractivity contribution in [1.29, 1.82) is 0 Å². The summed E-state index contributed by atoms with van der Waals surface area (Å²) in [5, 5.41) is 8.68. The maximum Gasteiger partial charge on any atom is 0.347 e. The highest BCUT2D eigenvalue weighted by atomic mass is 79.9. The lowest BCUT2D eigenvalue weighted by Crippen LogP contribution is -2.30. The van der Waals surface area contributed by atoms with E-state index in [2.05, 4.69) is 15.9 Å². The first-order valence-electron chi connectivity index (χ1n) is 5.45. The quantitative estimate of drug-likeness (QED) is 0.857. The van der Waals surface area contributed by atoms with E-state index < -0.39 is 36.7 Å². The van der Waals surface area contributed by atoms with Gasteiger partial charge in [-0.1, -0.05) is 22.9 Å². The average molecular weight is 341 g/mol. The fourth-order valence-electron chi connectivity index (χ4n) is 1.38. The molecule has 0 amide bonds. The standard InChI is InChI=1S/C12H12BrF3O3/c1-2-12(15,16)8-5-7(13)3-4-9(8)19-10(6-14)11(17)18/h3-5,10H,2,6H2,1H3,(H,17,18). The molecule has 0 aliphatic rings. The van der Waals surface area contributed by atoms with Crippen LogP contribution in [-0.2, 0) is 10.7 Å². The second-order valence-electron chi connectivity index (χ2n) is 3.80. The molecule has 3 nitrogen and oxygen atoms in total. The van der Waals surface area contributed by atoms with Crippen LogP contribution in [0.3, 0.4) is 0 Å². The molecule has 0 aliphatic heterocycles. The van der Waals surface area contributed by atoms with Crippen LogP contribution in [0.4, 0.5) is 13.2 Å². The van der Waals surface area contributed by atoms with Crippen LogP contribution in [0.25, 0.3) is 0 Å². The van der Waals surface area contributed by atoms with Gasteiger partial charge in [0.2, 0.25) is 6.10 Å². The molecule has 0 heterocycles. The molecule has 1 N–H and O–H groups in total. The predicted molar refractivity (Wildman–Crippen MR) is 66.4 cm³/mol. The summed E-state index contributed by atoms with van der Waals surface area (Å²) >= 11 is 3.05. The summed E-state index contributed by atoms with van der Waals surface area (Å²) in [6, 6.07) is 3.74. The van der Waals surface area contributed by atoms with Crippen LogP contribution in [0, 0.1) is 0 Å². The molecular formula is C12H12BrF3O3. The zero-order chi connectivity index (χ0) is 14.6. The predicted octanol–water partition coefficient (Wildman–Crippen LogP) is 3.75. The highest BCUT2D eigenvalue weighted by Crippen LogP contribution is 2.39. The summed E-state index contributed by atoms with van der Waals surface area (Å²) in [6.07, 6.45) is -2.28. The minimum atomic E-state index is -3.18. The lowest BCUT2D eigenvalue weighted by molar-refractivity contribution is -0.145. The maximum absolute atomic E-state index is 13.7. The number of ether oxygens (including phenoxy) is 1. The van der Waals surface area contributed by atoms with Gasteiger partial charge < -0.3 is 9.84 Å². The van der Waals surface area contributed by atoms with Crippen molar-refractivity contribution < 1.29 is 27.8 Å². The van der Waals surface area contributed by atoms with Crippen molar-refractivity contribution in [3.8, 4) is 5.75 Å². The number of carboxylic acids is 1. The van der Waals surface area contributed by atoms with Crippen molar-refractivity contribution in [2.45, 2.75) is 25.4 Å². The van der Waals surface area contributed by atoms with Crippen molar-refractivity contribution in [3.05, 3.63) is 28.2 Å². The third-order valence-electron chi connectivity index (χ3n) is 2.46. The van der Waals surface area contributed by atoms with Crippen LogP contribution in [-0.4, -0.2) is 23.9 Å². The van der Waals surface area contributed by atoms with Crippen LogP contribution < -0.4 is 4.74 Å². The molecule has 0 bridgehead atoms. The SMILES string of the molecule is CCC(F)(F)c1cc(Br)ccc1OC(CF)C(=O)O. The number of hydrogen-bond donors (Lipinski definition) is 1. The van der Waals surface area contributed by atoms with Crippen molar-refractivity contribution in [2.75, 3.05) is 6.67 Å². The van der Waals surface area contributed by atoms with Gasteiger partial charge in [0.15, 0.2) is 0 Å². The van der Waals surface area contributed by atoms with Crippen LogP contribution in [0.1, 0.15) is 18.9 Å². The lowest BCUT2D eigenvalue weighted by Gasteiger charge is -2.21. The zero-order valence-electron chi connectivity index (χ0n) is 10.00. The van der Waals surface area contributed by atoms with Crippen molar-refractivity contribution in [2.24, 2.45) is 0 Å². The van der Waals surface area contributed by atoms with E-state index >= 15 is 0 Å². The van der Waals surface area contributed by atoms with Gasteiger partial charge >= 0.3 is 5.97 Å². The van der Waals surface area contributed by atoms with E-state index in [0.29, 0.717) is 4.47 Å². The second-order valence-corrected chi connectivity index (χ2v) is 4.71. The minimum Gasteiger partial charge on any atom is -0.478 e. The first-order valence-corrected chi connectivity index (χ1v) is 6.24. The molecule has 1 aromatic carbocycles. The van der Waals surface area contributed by atoms with E-state index in [-0.39, 0.29) is 5.75 Å². The third-order valence-corrected chi connectivity index (χ3v) is 2.96. The molecule has 0 saturated heterocycles. The second kappa shape index (κ2) is 6.27. The number of halogens is 4. The summed E-state index contributed by atoms with van der Waals surface area (Å²) in [5.41, 5.74) is -0.468. The Balaban J connectivity index is 3.17. The molecule has 1 aromatic rings. The van der Waals surface area contributed by atoms with E-state index in [4.69, 9.17) is 9.84 Å². The number of alkyl halides is 3. The highest BCUT2D eigenvalue weighted by molar-refractivity contribution is 9.10. The fraction of sp³-hybridized carbons (Fsp3) is 0.417. The molecule has 1 rings (SSSR count). The molecule has 0 aliphatic carbocycles. The Morgan fingerprint density at radius 2 is 2.16 bits per heavy atom. The van der Waals surface area contributed by atoms with Crippen molar-refractivity contribution in [1.82, 2.24) is 0 Å². The van der Waals surface area contributed by atoms with Crippen molar-refractivity contribution >= 4 is 21.9 Å². The Bertz CT molecular complexity index is 466. The summed E-state index contributed by atoms with van der Waals surface area (Å²) in [5.74, 6) is -5.06. The molecule has 106 valence electrons. The molecule has 0 radical (unpaired) electrons. The Morgan fingerprint density at radius 1 is 1.53 bits per heavy atom. The Morgan fingerprint density at radius 3 is 2.63 bits per heavy atom. The van der Waals surface area contributed by atoms with Gasteiger partial charge in [0, 0.05) is 10.9 Å². The fourth-order valence-corrected chi connectivity index (χ4v) is 1.74. The number of carbonyl (C=O) groups is 1. The van der Waals surface area contributed by atoms with Gasteiger partial charge in [0.25, 0.3) is 5.92 Å². The molecular weight excluding hydrogens is 329 g/mol. The van der Waals surface area contributed by atoms with E-state index in [9.17, 15) is 18.0 Å². The number of hydrogen-bond acceptors (Lipinski definition) is 2. The summed E-state index contributed by atoms with van der Waals surface area (Å²) in [6.45, 7) is -0.0168. The molecule has 7 heteroatoms. The molecule has 0 spiro atoms. The van der Waals surface area contributed by atoms with Gasteiger partial charge in [-0.2, -0.15) is 0 Å². The number of rotatable bonds is 6. The monoisotopic (exact) mass is 340 g/mol. The van der Waals surface area contributed by atoms with Crippen molar-refractivity contribution in [3.63, 3.8) is 0 Å². The van der Waals surface area contributed by atoms with E-state index in [1.165, 1.54) is 19.1 Å². The van der Waals surface area contributed by atoms with Gasteiger partial charge in [-0.05, 0) is 18.2 Å². The Kier molecular flexibility index (Phi) is 5.22. The zero-order valence-corrected chi connectivity index (χ0v) is 11.6. The highest BCUT2D eigenvalue weighted by Gasteiger charge is 2.34. The molecule has 0 saturated carbocycles. The van der Waals surface area contributed by atoms with Crippen LogP contribution in [0.2, 0.25) is 0 Å². The molecule has 1 atom stereocenters. The van der Waals surface area contributed by atoms with Crippen LogP contribution >= 0.6 is 15.9 Å². The van der Waals surface area contributed by atoms with Gasteiger partial charge in [0.05, 0.1) is 5.56 Å². The molecule has 19 heavy (non-hydrogen) atoms. The van der Waals surface area contributed by atoms with E-state index in [1.54, 1.807) is 0 Å². The number of carboxylic acid groups (broad SMARTS) is 1. The largest absolute Gasteiger partial charge is 0.478 e. The van der Waals surface area contributed by atoms with Gasteiger partial charge in [0.1, 0.15) is 12.4 Å². The third kappa shape index (κ3) is 3.86. The van der Waals surface area contributed by atoms with E-state index in [0.717, 1.165) is 6.07 Å². The topological polar surface area (TPSA) is 46.5 Å². The van der Waals surface area contributed by atoms with Crippen LogP contribution in [0.15, 0.2) is 22.7 Å². The van der Waals surface area contributed by atoms with Gasteiger partial charge in [-0.25, -0.2) is 18.0 Å². The van der Waals surface area contributed by atoms with Gasteiger partial charge in [-0.15, -0.1) is 0 Å². The summed E-state index contributed by atoms with van der Waals surface area (Å²) in [4.78, 5) is 10.7. The summed E-state index contributed by atoms with van der Waals surface area (Å²) < 4.78 is 45.2. The average Bonchev–Trinajstić information content (AvgIpc) is 2.36. The normalized spacial score (nSPS) is 13.1. The minimum absolute atomic E-state index is 0.333. The Hall–Kier alpha value is -1.24. The molecule has 0 fully saturated rings. The lowest BCUT2D eigenvalue weighted by atomic mass is 10.1. The summed E-state index contributed by atoms with van der Waals surface area (Å²) in [7, 11) is 0. The first-order chi connectivity index (χ1) is 8.81. The smallest absolute Gasteiger partial charge is 0.347 e. The maximum atomic E-state index is 13.7. The first kappa shape index (κ1) is 15.8. The molecule has 1 unspecified atom stereocenters.